The molecule has 0 saturated heterocycles. The molecule has 0 amide bonds. The number of nitrogens with zero attached hydrogens (tertiary/aromatic N) is 1. The van der Waals surface area contributed by atoms with Crippen LogP contribution in [0.5, 0.6) is 0 Å². The Hall–Kier alpha value is -0.800. The van der Waals surface area contributed by atoms with Crippen LogP contribution in [0, 0.1) is 10.1 Å². The monoisotopic (exact) mass is 247 g/mol. The number of nitro benzene ring substituents is 1. The van der Waals surface area contributed by atoms with Crippen LogP contribution >= 0.6 is 23.2 Å². The van der Waals surface area contributed by atoms with Crippen molar-refractivity contribution in [2.45, 2.75) is 18.7 Å². The second-order valence-corrected chi connectivity index (χ2v) is 3.79. The van der Waals surface area contributed by atoms with E-state index < -0.39 is 0 Å². The molecule has 0 atom stereocenters. The molecule has 0 aliphatic carbocycles. The molecule has 15 heavy (non-hydrogen) atoms. The number of rotatable bonds is 5. The van der Waals surface area contributed by atoms with Crippen molar-refractivity contribution in [3.63, 3.8) is 0 Å². The average Bonchev–Trinajstić information content (AvgIpc) is 2.26. The topological polar surface area (TPSA) is 43.1 Å². The van der Waals surface area contributed by atoms with E-state index in [2.05, 4.69) is 0 Å². The molecule has 0 unspecified atom stereocenters. The number of benzene rings is 1. The highest BCUT2D eigenvalue weighted by Gasteiger charge is 2.13. The van der Waals surface area contributed by atoms with E-state index in [1.807, 2.05) is 6.07 Å². The van der Waals surface area contributed by atoms with E-state index >= 15 is 0 Å². The zero-order chi connectivity index (χ0) is 11.3. The van der Waals surface area contributed by atoms with Crippen molar-refractivity contribution in [3.8, 4) is 0 Å². The maximum Gasteiger partial charge on any atom is 0.272 e. The van der Waals surface area contributed by atoms with Crippen LogP contribution in [0.3, 0.4) is 0 Å². The quantitative estimate of drug-likeness (QED) is 0.454. The molecule has 0 N–H and O–H groups in total. The minimum atomic E-state index is -0.375. The maximum absolute atomic E-state index is 10.8. The van der Waals surface area contributed by atoms with E-state index in [-0.39, 0.29) is 16.5 Å². The molecule has 0 saturated carbocycles. The van der Waals surface area contributed by atoms with Crippen molar-refractivity contribution in [3.05, 3.63) is 39.4 Å². The number of aryl methyl sites for hydroxylation is 1. The van der Waals surface area contributed by atoms with Crippen LogP contribution in [-0.2, 0) is 12.3 Å². The molecular formula is C10H11Cl2NO2. The fourth-order valence-corrected chi connectivity index (χ4v) is 1.63. The third kappa shape index (κ3) is 3.36. The molecule has 0 fully saturated rings. The van der Waals surface area contributed by atoms with Crippen LogP contribution in [0.2, 0.25) is 0 Å². The van der Waals surface area contributed by atoms with Crippen LogP contribution in [-0.4, -0.2) is 10.8 Å². The molecule has 0 heterocycles. The van der Waals surface area contributed by atoms with Gasteiger partial charge in [0, 0.05) is 23.4 Å². The lowest BCUT2D eigenvalue weighted by Gasteiger charge is -2.03. The van der Waals surface area contributed by atoms with Gasteiger partial charge in [-0.1, -0.05) is 12.1 Å². The Morgan fingerprint density at radius 3 is 2.60 bits per heavy atom. The van der Waals surface area contributed by atoms with E-state index in [4.69, 9.17) is 23.2 Å². The van der Waals surface area contributed by atoms with Crippen molar-refractivity contribution in [1.82, 2.24) is 0 Å². The van der Waals surface area contributed by atoms with Crippen molar-refractivity contribution in [2.24, 2.45) is 0 Å². The highest BCUT2D eigenvalue weighted by atomic mass is 35.5. The molecule has 0 bridgehead atoms. The molecule has 3 nitrogen and oxygen atoms in total. The summed E-state index contributed by atoms with van der Waals surface area (Å²) >= 11 is 11.2. The van der Waals surface area contributed by atoms with E-state index in [0.29, 0.717) is 12.3 Å². The van der Waals surface area contributed by atoms with E-state index in [9.17, 15) is 10.1 Å². The highest BCUT2D eigenvalue weighted by molar-refractivity contribution is 6.17. The van der Waals surface area contributed by atoms with Gasteiger partial charge in [-0.3, -0.25) is 10.1 Å². The summed E-state index contributed by atoms with van der Waals surface area (Å²) in [6.07, 6.45) is 1.37. The molecule has 1 aromatic rings. The summed E-state index contributed by atoms with van der Waals surface area (Å²) in [5, 5.41) is 10.8. The summed E-state index contributed by atoms with van der Waals surface area (Å²) in [7, 11) is 0. The van der Waals surface area contributed by atoms with E-state index in [0.717, 1.165) is 17.5 Å². The molecule has 0 aromatic heterocycles. The van der Waals surface area contributed by atoms with Crippen LogP contribution < -0.4 is 0 Å². The first-order valence-corrected chi connectivity index (χ1v) is 5.64. The van der Waals surface area contributed by atoms with Gasteiger partial charge in [0.15, 0.2) is 0 Å². The van der Waals surface area contributed by atoms with E-state index in [1.54, 1.807) is 6.07 Å². The second-order valence-electron chi connectivity index (χ2n) is 3.15. The first-order chi connectivity index (χ1) is 7.19. The Morgan fingerprint density at radius 1 is 1.33 bits per heavy atom. The second kappa shape index (κ2) is 5.93. The minimum Gasteiger partial charge on any atom is -0.258 e. The van der Waals surface area contributed by atoms with Gasteiger partial charge in [0.1, 0.15) is 0 Å². The predicted molar refractivity (Wildman–Crippen MR) is 61.7 cm³/mol. The summed E-state index contributed by atoms with van der Waals surface area (Å²) in [5.74, 6) is 0.797. The summed E-state index contributed by atoms with van der Waals surface area (Å²) in [4.78, 5) is 10.4. The largest absolute Gasteiger partial charge is 0.272 e. The Labute approximate surface area is 98.2 Å². The third-order valence-electron chi connectivity index (χ3n) is 2.08. The van der Waals surface area contributed by atoms with Gasteiger partial charge in [0.2, 0.25) is 0 Å². The fourth-order valence-electron chi connectivity index (χ4n) is 1.33. The molecule has 0 radical (unpaired) electrons. The molecular weight excluding hydrogens is 237 g/mol. The maximum atomic E-state index is 10.8. The summed E-state index contributed by atoms with van der Waals surface area (Å²) in [6.45, 7) is 0. The van der Waals surface area contributed by atoms with Crippen molar-refractivity contribution < 1.29 is 4.92 Å². The van der Waals surface area contributed by atoms with Gasteiger partial charge in [0.25, 0.3) is 5.69 Å². The first-order valence-electron chi connectivity index (χ1n) is 4.57. The van der Waals surface area contributed by atoms with Crippen molar-refractivity contribution in [2.75, 3.05) is 5.88 Å². The third-order valence-corrected chi connectivity index (χ3v) is 2.66. The zero-order valence-corrected chi connectivity index (χ0v) is 9.59. The van der Waals surface area contributed by atoms with Crippen LogP contribution in [0.15, 0.2) is 18.2 Å². The molecule has 0 aliphatic rings. The summed E-state index contributed by atoms with van der Waals surface area (Å²) < 4.78 is 0. The van der Waals surface area contributed by atoms with Gasteiger partial charge in [-0.2, -0.15) is 0 Å². The normalized spacial score (nSPS) is 10.3. The fraction of sp³-hybridized carbons (Fsp3) is 0.400. The molecule has 1 aromatic carbocycles. The molecule has 82 valence electrons. The summed E-state index contributed by atoms with van der Waals surface area (Å²) in [5.41, 5.74) is 1.62. The van der Waals surface area contributed by atoms with Crippen molar-refractivity contribution >= 4 is 28.9 Å². The number of hydrogen-bond acceptors (Lipinski definition) is 2. The lowest BCUT2D eigenvalue weighted by Crippen LogP contribution is -1.97. The predicted octanol–water partition coefficient (Wildman–Crippen LogP) is 3.51. The lowest BCUT2D eigenvalue weighted by molar-refractivity contribution is -0.385. The SMILES string of the molecule is O=[N+]([O-])c1cc(CCl)ccc1CCCCl. The lowest BCUT2D eigenvalue weighted by atomic mass is 10.1. The van der Waals surface area contributed by atoms with Gasteiger partial charge in [-0.25, -0.2) is 0 Å². The zero-order valence-electron chi connectivity index (χ0n) is 8.08. The van der Waals surface area contributed by atoms with E-state index in [1.165, 1.54) is 6.07 Å². The molecule has 0 aliphatic heterocycles. The van der Waals surface area contributed by atoms with Gasteiger partial charge >= 0.3 is 0 Å². The first kappa shape index (κ1) is 12.3. The van der Waals surface area contributed by atoms with Crippen molar-refractivity contribution in [1.29, 1.82) is 0 Å². The molecule has 0 spiro atoms. The van der Waals surface area contributed by atoms with Gasteiger partial charge in [0.05, 0.1) is 4.92 Å². The van der Waals surface area contributed by atoms with Gasteiger partial charge in [-0.05, 0) is 18.4 Å². The molecule has 1 rings (SSSR count). The highest BCUT2D eigenvalue weighted by Crippen LogP contribution is 2.22. The van der Waals surface area contributed by atoms with Crippen LogP contribution in [0.1, 0.15) is 17.5 Å². The Bertz CT molecular complexity index is 355. The van der Waals surface area contributed by atoms with Gasteiger partial charge in [-0.15, -0.1) is 23.2 Å². The molecule has 5 heteroatoms. The van der Waals surface area contributed by atoms with Crippen LogP contribution in [0.25, 0.3) is 0 Å². The minimum absolute atomic E-state index is 0.137. The number of halogens is 2. The summed E-state index contributed by atoms with van der Waals surface area (Å²) in [6, 6.07) is 5.09. The Balaban J connectivity index is 2.98. The smallest absolute Gasteiger partial charge is 0.258 e. The standard InChI is InChI=1S/C10H11Cl2NO2/c11-5-1-2-9-4-3-8(7-12)6-10(9)13(14)15/h3-4,6H,1-2,5,7H2. The Kier molecular flexibility index (Phi) is 4.85. The number of alkyl halides is 2. The number of nitro groups is 1. The number of hydrogen-bond donors (Lipinski definition) is 0. The van der Waals surface area contributed by atoms with Gasteiger partial charge < -0.3 is 0 Å². The Morgan fingerprint density at radius 2 is 2.07 bits per heavy atom. The average molecular weight is 248 g/mol. The van der Waals surface area contributed by atoms with Crippen LogP contribution in [0.4, 0.5) is 5.69 Å².